The number of aromatic nitrogens is 3. The van der Waals surface area contributed by atoms with Crippen molar-refractivity contribution in [2.24, 2.45) is 0 Å². The topological polar surface area (TPSA) is 80.1 Å². The molecule has 1 aliphatic heterocycles. The lowest BCUT2D eigenvalue weighted by Gasteiger charge is -2.34. The van der Waals surface area contributed by atoms with Crippen LogP contribution in [0.5, 0.6) is 0 Å². The summed E-state index contributed by atoms with van der Waals surface area (Å²) in [6.45, 7) is 9.77. The molecule has 0 amide bonds. The third-order valence-corrected chi connectivity index (χ3v) is 8.41. The average Bonchev–Trinajstić information content (AvgIpc) is 3.27. The normalized spacial score (nSPS) is 16.6. The van der Waals surface area contributed by atoms with Crippen LogP contribution in [0.3, 0.4) is 0 Å². The van der Waals surface area contributed by atoms with Gasteiger partial charge in [-0.25, -0.2) is 13.1 Å². The second-order valence-corrected chi connectivity index (χ2v) is 11.5. The highest BCUT2D eigenvalue weighted by Gasteiger charge is 2.26. The summed E-state index contributed by atoms with van der Waals surface area (Å²) in [5, 5.41) is 8.74. The van der Waals surface area contributed by atoms with Crippen molar-refractivity contribution >= 4 is 10.0 Å². The van der Waals surface area contributed by atoms with Gasteiger partial charge in [0.15, 0.2) is 0 Å². The molecule has 2 heterocycles. The van der Waals surface area contributed by atoms with Crippen molar-refractivity contribution in [1.82, 2.24) is 24.4 Å². The van der Waals surface area contributed by atoms with Crippen LogP contribution in [-0.4, -0.2) is 54.3 Å². The SMILES string of the molecule is Cc1nnc(C(C)C)n1C1CCN(CCC(CNS(=O)(=O)c2ccccc2)c2ccccc2)CC1. The van der Waals surface area contributed by atoms with E-state index in [9.17, 15) is 8.42 Å². The summed E-state index contributed by atoms with van der Waals surface area (Å²) in [5.41, 5.74) is 1.17. The van der Waals surface area contributed by atoms with Crippen molar-refractivity contribution in [2.45, 2.75) is 62.8 Å². The van der Waals surface area contributed by atoms with Crippen LogP contribution in [0.15, 0.2) is 65.6 Å². The Morgan fingerprint density at radius 1 is 0.971 bits per heavy atom. The predicted molar refractivity (Wildman–Crippen MR) is 139 cm³/mol. The average molecular weight is 496 g/mol. The van der Waals surface area contributed by atoms with Crippen molar-refractivity contribution in [1.29, 1.82) is 0 Å². The molecule has 1 atom stereocenters. The van der Waals surface area contributed by atoms with Gasteiger partial charge in [0, 0.05) is 31.6 Å². The molecular formula is C27H37N5O2S. The van der Waals surface area contributed by atoms with Gasteiger partial charge in [-0.3, -0.25) is 0 Å². The Morgan fingerprint density at radius 3 is 2.23 bits per heavy atom. The van der Waals surface area contributed by atoms with E-state index in [1.165, 1.54) is 5.56 Å². The predicted octanol–water partition coefficient (Wildman–Crippen LogP) is 4.50. The third kappa shape index (κ3) is 6.37. The molecule has 0 spiro atoms. The number of aryl methyl sites for hydroxylation is 1. The zero-order valence-electron chi connectivity index (χ0n) is 21.0. The number of hydrogen-bond donors (Lipinski definition) is 1. The second-order valence-electron chi connectivity index (χ2n) is 9.76. The first kappa shape index (κ1) is 25.5. The number of hydrogen-bond acceptors (Lipinski definition) is 5. The van der Waals surface area contributed by atoms with Crippen molar-refractivity contribution in [3.63, 3.8) is 0 Å². The molecule has 1 saturated heterocycles. The number of nitrogens with zero attached hydrogens (tertiary/aromatic N) is 4. The molecule has 1 aromatic heterocycles. The van der Waals surface area contributed by atoms with Gasteiger partial charge in [0.1, 0.15) is 11.6 Å². The van der Waals surface area contributed by atoms with Gasteiger partial charge in [-0.15, -0.1) is 10.2 Å². The Kier molecular flexibility index (Phi) is 8.36. The minimum absolute atomic E-state index is 0.111. The first-order valence-electron chi connectivity index (χ1n) is 12.6. The molecule has 2 aromatic carbocycles. The summed E-state index contributed by atoms with van der Waals surface area (Å²) < 4.78 is 30.8. The maximum Gasteiger partial charge on any atom is 0.240 e. The summed E-state index contributed by atoms with van der Waals surface area (Å²) >= 11 is 0. The number of piperidine rings is 1. The van der Waals surface area contributed by atoms with Crippen LogP contribution in [0, 0.1) is 6.92 Å². The highest BCUT2D eigenvalue weighted by molar-refractivity contribution is 7.89. The number of likely N-dealkylation sites (tertiary alicyclic amines) is 1. The smallest absolute Gasteiger partial charge is 0.240 e. The highest BCUT2D eigenvalue weighted by Crippen LogP contribution is 2.28. The summed E-state index contributed by atoms with van der Waals surface area (Å²) in [6.07, 6.45) is 3.05. The maximum absolute atomic E-state index is 12.8. The zero-order valence-corrected chi connectivity index (χ0v) is 21.8. The summed E-state index contributed by atoms with van der Waals surface area (Å²) in [6, 6.07) is 19.3. The van der Waals surface area contributed by atoms with E-state index in [2.05, 4.69) is 50.4 Å². The van der Waals surface area contributed by atoms with Crippen molar-refractivity contribution in [2.75, 3.05) is 26.2 Å². The van der Waals surface area contributed by atoms with Crippen molar-refractivity contribution < 1.29 is 8.42 Å². The van der Waals surface area contributed by atoms with Crippen LogP contribution in [0.4, 0.5) is 0 Å². The molecule has 188 valence electrons. The van der Waals surface area contributed by atoms with Crippen LogP contribution >= 0.6 is 0 Å². The Balaban J connectivity index is 1.36. The van der Waals surface area contributed by atoms with Gasteiger partial charge >= 0.3 is 0 Å². The standard InChI is InChI=1S/C27H37N5O2S/c1-21(2)27-30-29-22(3)32(27)25-15-18-31(19-16-25)17-14-24(23-10-6-4-7-11-23)20-28-35(33,34)26-12-8-5-9-13-26/h4-13,21,24-25,28H,14-20H2,1-3H3. The van der Waals surface area contributed by atoms with Crippen LogP contribution in [-0.2, 0) is 10.0 Å². The van der Waals surface area contributed by atoms with E-state index in [0.29, 0.717) is 23.4 Å². The molecule has 1 unspecified atom stereocenters. The van der Waals surface area contributed by atoms with Crippen molar-refractivity contribution in [3.8, 4) is 0 Å². The highest BCUT2D eigenvalue weighted by atomic mass is 32.2. The van der Waals surface area contributed by atoms with E-state index in [1.807, 2.05) is 31.2 Å². The molecule has 3 aromatic rings. The first-order chi connectivity index (χ1) is 16.8. The van der Waals surface area contributed by atoms with E-state index in [-0.39, 0.29) is 5.92 Å². The molecule has 0 bridgehead atoms. The molecule has 1 fully saturated rings. The number of rotatable bonds is 10. The first-order valence-corrected chi connectivity index (χ1v) is 14.1. The summed E-state index contributed by atoms with van der Waals surface area (Å²) in [5.74, 6) is 2.55. The summed E-state index contributed by atoms with van der Waals surface area (Å²) in [4.78, 5) is 2.81. The number of benzene rings is 2. The van der Waals surface area contributed by atoms with Crippen LogP contribution in [0.2, 0.25) is 0 Å². The van der Waals surface area contributed by atoms with Gasteiger partial charge in [0.05, 0.1) is 4.90 Å². The molecule has 1 N–H and O–H groups in total. The lowest BCUT2D eigenvalue weighted by Crippen LogP contribution is -2.37. The zero-order chi connectivity index (χ0) is 24.8. The molecule has 0 radical (unpaired) electrons. The fraction of sp³-hybridized carbons (Fsp3) is 0.481. The molecule has 35 heavy (non-hydrogen) atoms. The summed E-state index contributed by atoms with van der Waals surface area (Å²) in [7, 11) is -3.53. The van der Waals surface area contributed by atoms with Gasteiger partial charge in [0.2, 0.25) is 10.0 Å². The van der Waals surface area contributed by atoms with Gasteiger partial charge in [-0.2, -0.15) is 0 Å². The van der Waals surface area contributed by atoms with Crippen LogP contribution in [0.25, 0.3) is 0 Å². The molecule has 8 heteroatoms. The van der Waals surface area contributed by atoms with E-state index in [4.69, 9.17) is 0 Å². The fourth-order valence-corrected chi connectivity index (χ4v) is 6.08. The monoisotopic (exact) mass is 495 g/mol. The molecule has 7 nitrogen and oxygen atoms in total. The molecule has 4 rings (SSSR count). The Morgan fingerprint density at radius 2 is 1.60 bits per heavy atom. The lowest BCUT2D eigenvalue weighted by molar-refractivity contribution is 0.178. The van der Waals surface area contributed by atoms with E-state index >= 15 is 0 Å². The van der Waals surface area contributed by atoms with Crippen molar-refractivity contribution in [3.05, 3.63) is 77.9 Å². The minimum Gasteiger partial charge on any atom is -0.312 e. The van der Waals surface area contributed by atoms with E-state index < -0.39 is 10.0 Å². The van der Waals surface area contributed by atoms with Crippen LogP contribution < -0.4 is 4.72 Å². The number of nitrogens with one attached hydrogen (secondary N) is 1. The largest absolute Gasteiger partial charge is 0.312 e. The quantitative estimate of drug-likeness (QED) is 0.448. The Labute approximate surface area is 209 Å². The number of sulfonamides is 1. The Bertz CT molecular complexity index is 1170. The molecular weight excluding hydrogens is 458 g/mol. The van der Waals surface area contributed by atoms with Crippen LogP contribution in [0.1, 0.15) is 68.2 Å². The lowest BCUT2D eigenvalue weighted by atomic mass is 9.95. The maximum atomic E-state index is 12.8. The molecule has 1 aliphatic rings. The van der Waals surface area contributed by atoms with E-state index in [1.54, 1.807) is 24.3 Å². The fourth-order valence-electron chi connectivity index (χ4n) is 4.98. The minimum atomic E-state index is -3.53. The van der Waals surface area contributed by atoms with E-state index in [0.717, 1.165) is 50.5 Å². The molecule has 0 saturated carbocycles. The van der Waals surface area contributed by atoms with Gasteiger partial charge in [-0.1, -0.05) is 62.4 Å². The van der Waals surface area contributed by atoms with Gasteiger partial charge in [0.25, 0.3) is 0 Å². The van der Waals surface area contributed by atoms with Gasteiger partial charge < -0.3 is 9.47 Å². The van der Waals surface area contributed by atoms with Gasteiger partial charge in [-0.05, 0) is 56.3 Å². The molecule has 0 aliphatic carbocycles. The third-order valence-electron chi connectivity index (χ3n) is 6.97. The Hall–Kier alpha value is -2.55. The second kappa shape index (κ2) is 11.5.